The zero-order chi connectivity index (χ0) is 18.2. The van der Waals surface area contributed by atoms with E-state index in [4.69, 9.17) is 0 Å². The molecule has 0 aliphatic carbocycles. The smallest absolute Gasteiger partial charge is 0.279 e. The van der Waals surface area contributed by atoms with Crippen LogP contribution in [0, 0.1) is 6.92 Å². The first-order valence-corrected chi connectivity index (χ1v) is 10.1. The van der Waals surface area contributed by atoms with Crippen molar-refractivity contribution >= 4 is 21.6 Å². The van der Waals surface area contributed by atoms with Crippen molar-refractivity contribution in [1.29, 1.82) is 0 Å². The zero-order valence-electron chi connectivity index (χ0n) is 15.2. The second kappa shape index (κ2) is 6.68. The van der Waals surface area contributed by atoms with Gasteiger partial charge in [0, 0.05) is 39.4 Å². The van der Waals surface area contributed by atoms with Crippen LogP contribution in [0.1, 0.15) is 5.56 Å². The summed E-state index contributed by atoms with van der Waals surface area (Å²) < 4.78 is 26.9. The molecule has 3 saturated heterocycles. The number of anilines is 1. The number of carbonyl (C=O) groups is 1. The lowest BCUT2D eigenvalue weighted by atomic mass is 10.1. The van der Waals surface area contributed by atoms with Crippen LogP contribution in [0.4, 0.5) is 5.69 Å². The highest BCUT2D eigenvalue weighted by Crippen LogP contribution is 2.23. The number of aryl methyl sites for hydroxylation is 1. The van der Waals surface area contributed by atoms with Gasteiger partial charge in [-0.25, -0.2) is 12.7 Å². The number of quaternary nitrogens is 1. The molecule has 138 valence electrons. The van der Waals surface area contributed by atoms with E-state index in [0.717, 1.165) is 43.8 Å². The summed E-state index contributed by atoms with van der Waals surface area (Å²) in [6, 6.07) is 5.05. The second-order valence-corrected chi connectivity index (χ2v) is 9.45. The van der Waals surface area contributed by atoms with E-state index in [2.05, 4.69) is 10.2 Å². The van der Waals surface area contributed by atoms with E-state index in [1.165, 1.54) is 18.4 Å². The summed E-state index contributed by atoms with van der Waals surface area (Å²) in [7, 11) is -0.519. The fraction of sp³-hybridized carbons (Fsp3) is 0.588. The number of amides is 1. The van der Waals surface area contributed by atoms with Crippen LogP contribution in [0.2, 0.25) is 0 Å². The normalized spacial score (nSPS) is 26.0. The summed E-state index contributed by atoms with van der Waals surface area (Å²) in [6.45, 7) is 8.44. The number of hydrogen-bond donors (Lipinski definition) is 1. The Morgan fingerprint density at radius 2 is 1.80 bits per heavy atom. The lowest BCUT2D eigenvalue weighted by Crippen LogP contribution is -2.68. The maximum absolute atomic E-state index is 12.5. The largest absolute Gasteiger partial charge is 0.321 e. The summed E-state index contributed by atoms with van der Waals surface area (Å²) >= 11 is 0. The minimum atomic E-state index is -3.53. The van der Waals surface area contributed by atoms with E-state index in [9.17, 15) is 13.2 Å². The van der Waals surface area contributed by atoms with Crippen molar-refractivity contribution in [1.82, 2.24) is 9.21 Å². The van der Waals surface area contributed by atoms with Crippen molar-refractivity contribution in [3.05, 3.63) is 23.8 Å². The van der Waals surface area contributed by atoms with Gasteiger partial charge in [-0.3, -0.25) is 9.69 Å². The standard InChI is InChI=1S/C17H26N4O3S/c1-14-4-5-15(12-16(14)25(23,24)19(2)3)18-17(22)13-21-9-6-20(7-10-21)8-11-21/h4-5,12H,6-11,13H2,1-3H3/p+1. The van der Waals surface area contributed by atoms with E-state index < -0.39 is 10.0 Å². The number of benzene rings is 1. The van der Waals surface area contributed by atoms with Gasteiger partial charge in [0.25, 0.3) is 5.91 Å². The quantitative estimate of drug-likeness (QED) is 0.762. The molecule has 1 aromatic rings. The highest BCUT2D eigenvalue weighted by molar-refractivity contribution is 7.89. The van der Waals surface area contributed by atoms with Crippen LogP contribution < -0.4 is 5.32 Å². The number of piperazine rings is 3. The third-order valence-corrected chi connectivity index (χ3v) is 7.34. The zero-order valence-corrected chi connectivity index (χ0v) is 16.0. The molecule has 7 nitrogen and oxygen atoms in total. The number of rotatable bonds is 5. The molecule has 0 unspecified atom stereocenters. The van der Waals surface area contributed by atoms with Crippen LogP contribution >= 0.6 is 0 Å². The van der Waals surface area contributed by atoms with Crippen molar-refractivity contribution in [3.8, 4) is 0 Å². The molecule has 8 heteroatoms. The summed E-state index contributed by atoms with van der Waals surface area (Å²) in [4.78, 5) is 15.2. The molecule has 0 saturated carbocycles. The maximum Gasteiger partial charge on any atom is 0.279 e. The molecule has 3 heterocycles. The molecule has 0 atom stereocenters. The Bertz CT molecular complexity index is 754. The molecular weight excluding hydrogens is 340 g/mol. The first-order valence-electron chi connectivity index (χ1n) is 8.62. The summed E-state index contributed by atoms with van der Waals surface area (Å²) in [5.41, 5.74) is 1.20. The van der Waals surface area contributed by atoms with E-state index in [0.29, 0.717) is 17.8 Å². The predicted octanol–water partition coefficient (Wildman–Crippen LogP) is 0.330. The van der Waals surface area contributed by atoms with Crippen molar-refractivity contribution < 1.29 is 17.7 Å². The van der Waals surface area contributed by atoms with E-state index in [1.54, 1.807) is 25.1 Å². The summed E-state index contributed by atoms with van der Waals surface area (Å²) in [5, 5.41) is 2.89. The molecule has 0 radical (unpaired) electrons. The number of fused-ring (bicyclic) bond motifs is 3. The minimum Gasteiger partial charge on any atom is -0.321 e. The topological polar surface area (TPSA) is 69.7 Å². The fourth-order valence-electron chi connectivity index (χ4n) is 3.63. The number of carbonyl (C=O) groups excluding carboxylic acids is 1. The van der Waals surface area contributed by atoms with Gasteiger partial charge >= 0.3 is 0 Å². The van der Waals surface area contributed by atoms with E-state index in [-0.39, 0.29) is 10.8 Å². The Kier molecular flexibility index (Phi) is 4.89. The predicted molar refractivity (Wildman–Crippen MR) is 96.8 cm³/mol. The van der Waals surface area contributed by atoms with Crippen LogP contribution in [-0.4, -0.2) is 87.9 Å². The van der Waals surface area contributed by atoms with Gasteiger partial charge in [-0.15, -0.1) is 0 Å². The Balaban J connectivity index is 1.74. The molecule has 2 bridgehead atoms. The molecule has 1 N–H and O–H groups in total. The second-order valence-electron chi connectivity index (χ2n) is 7.33. The molecule has 25 heavy (non-hydrogen) atoms. The monoisotopic (exact) mass is 367 g/mol. The number of hydrogen-bond acceptors (Lipinski definition) is 4. The Morgan fingerprint density at radius 1 is 1.20 bits per heavy atom. The summed E-state index contributed by atoms with van der Waals surface area (Å²) in [6.07, 6.45) is 0. The molecule has 3 fully saturated rings. The van der Waals surface area contributed by atoms with Crippen molar-refractivity contribution in [2.75, 3.05) is 65.2 Å². The van der Waals surface area contributed by atoms with Crippen LogP contribution in [0.5, 0.6) is 0 Å². The molecule has 0 aromatic heterocycles. The van der Waals surface area contributed by atoms with E-state index in [1.807, 2.05) is 0 Å². The lowest BCUT2D eigenvalue weighted by molar-refractivity contribution is -0.933. The van der Waals surface area contributed by atoms with Gasteiger partial charge < -0.3 is 9.80 Å². The first-order chi connectivity index (χ1) is 11.7. The average Bonchev–Trinajstić information content (AvgIpc) is 2.57. The molecular formula is C17H27N4O3S+. The van der Waals surface area contributed by atoms with E-state index >= 15 is 0 Å². The highest BCUT2D eigenvalue weighted by Gasteiger charge is 2.39. The third-order valence-electron chi connectivity index (χ3n) is 5.38. The Labute approximate surface area is 149 Å². The Morgan fingerprint density at radius 3 is 2.36 bits per heavy atom. The van der Waals surface area contributed by atoms with Crippen molar-refractivity contribution in [2.45, 2.75) is 11.8 Å². The minimum absolute atomic E-state index is 0.0487. The maximum atomic E-state index is 12.5. The van der Waals surface area contributed by atoms with Crippen molar-refractivity contribution in [3.63, 3.8) is 0 Å². The van der Waals surface area contributed by atoms with Crippen LogP contribution in [-0.2, 0) is 14.8 Å². The molecule has 3 aliphatic rings. The molecule has 1 amide bonds. The number of nitrogens with one attached hydrogen (secondary N) is 1. The highest BCUT2D eigenvalue weighted by atomic mass is 32.2. The molecule has 4 rings (SSSR count). The number of sulfonamides is 1. The Hall–Kier alpha value is -1.48. The first kappa shape index (κ1) is 18.3. The van der Waals surface area contributed by atoms with Gasteiger partial charge in [-0.2, -0.15) is 0 Å². The van der Waals surface area contributed by atoms with Gasteiger partial charge in [0.1, 0.15) is 0 Å². The molecule has 3 aliphatic heterocycles. The third kappa shape index (κ3) is 3.72. The van der Waals surface area contributed by atoms with Crippen molar-refractivity contribution in [2.24, 2.45) is 0 Å². The fourth-order valence-corrected chi connectivity index (χ4v) is 4.77. The molecule has 1 aromatic carbocycles. The van der Waals surface area contributed by atoms with Gasteiger partial charge in [0.2, 0.25) is 10.0 Å². The van der Waals surface area contributed by atoms with Gasteiger partial charge in [-0.1, -0.05) is 6.07 Å². The summed E-state index contributed by atoms with van der Waals surface area (Å²) in [5.74, 6) is -0.0487. The van der Waals surface area contributed by atoms with Crippen LogP contribution in [0.3, 0.4) is 0 Å². The molecule has 0 spiro atoms. The number of nitrogens with zero attached hydrogens (tertiary/aromatic N) is 3. The van der Waals surface area contributed by atoms with Gasteiger partial charge in [-0.05, 0) is 24.6 Å². The van der Waals surface area contributed by atoms with Crippen LogP contribution in [0.15, 0.2) is 23.1 Å². The average molecular weight is 367 g/mol. The van der Waals surface area contributed by atoms with Gasteiger partial charge in [0.05, 0.1) is 24.5 Å². The lowest BCUT2D eigenvalue weighted by Gasteiger charge is -2.50. The van der Waals surface area contributed by atoms with Crippen LogP contribution in [0.25, 0.3) is 0 Å². The SMILES string of the molecule is Cc1ccc(NC(=O)C[N+]23CCN(CC2)CC3)cc1S(=O)(=O)N(C)C. The van der Waals surface area contributed by atoms with Gasteiger partial charge in [0.15, 0.2) is 6.54 Å².